The molecule has 5 rings (SSSR count). The van der Waals surface area contributed by atoms with Gasteiger partial charge in [0.15, 0.2) is 10.7 Å². The van der Waals surface area contributed by atoms with E-state index in [1.54, 1.807) is 30.1 Å². The Balaban J connectivity index is 1.51. The first-order valence-electron chi connectivity index (χ1n) is 11.2. The Hall–Kier alpha value is -3.17. The third-order valence-electron chi connectivity index (χ3n) is 5.83. The average Bonchev–Trinajstić information content (AvgIpc) is 3.29. The molecule has 1 unspecified atom stereocenters. The van der Waals surface area contributed by atoms with Crippen molar-refractivity contribution in [2.75, 3.05) is 0 Å². The van der Waals surface area contributed by atoms with Crippen LogP contribution in [0, 0.1) is 12.7 Å². The van der Waals surface area contributed by atoms with E-state index in [-0.39, 0.29) is 11.6 Å². The van der Waals surface area contributed by atoms with Crippen molar-refractivity contribution in [3.05, 3.63) is 66.0 Å². The highest BCUT2D eigenvalue weighted by Gasteiger charge is 2.29. The Labute approximate surface area is 200 Å². The highest BCUT2D eigenvalue weighted by atomic mass is 32.2. The molecule has 1 amide bonds. The maximum Gasteiger partial charge on any atom is 0.254 e. The second-order valence-electron chi connectivity index (χ2n) is 9.66. The topological polar surface area (TPSA) is 87.3 Å². The van der Waals surface area contributed by atoms with Crippen LogP contribution in [0.3, 0.4) is 0 Å². The molecule has 1 aliphatic carbocycles. The van der Waals surface area contributed by atoms with E-state index < -0.39 is 27.6 Å². The summed E-state index contributed by atoms with van der Waals surface area (Å²) in [6.45, 7) is 7.62. The quantitative estimate of drug-likeness (QED) is 0.429. The number of carbonyl (C=O) groups excluding carboxylic acids is 1. The molecule has 176 valence electrons. The normalized spacial score (nSPS) is 15.0. The average molecular weight is 480 g/mol. The fraction of sp³-hybridized carbons (Fsp3) is 0.320. The molecular weight excluding hydrogens is 453 g/mol. The number of carbonyl (C=O) groups is 1. The smallest absolute Gasteiger partial charge is 0.254 e. The van der Waals surface area contributed by atoms with Gasteiger partial charge < -0.3 is 9.87 Å². The van der Waals surface area contributed by atoms with Crippen molar-refractivity contribution in [2.24, 2.45) is 0 Å². The van der Waals surface area contributed by atoms with Crippen molar-refractivity contribution >= 4 is 22.7 Å². The SMILES string of the molecule is Cc1cc(F)c(C(=O)NC2CC2)cc1-c1cnn(-c2cnc3ccc([S+]([O-])C(C)(C)C)cn23)c1. The number of imidazole rings is 1. The molecular formula is C25H26FN5O2S. The van der Waals surface area contributed by atoms with E-state index in [0.717, 1.165) is 24.0 Å². The van der Waals surface area contributed by atoms with Gasteiger partial charge in [-0.05, 0) is 87.1 Å². The molecule has 34 heavy (non-hydrogen) atoms. The molecule has 3 heterocycles. The Morgan fingerprint density at radius 1 is 1.21 bits per heavy atom. The standard InChI is InChI=1S/C25H26FN5O2S/c1-15-9-21(26)20(24(32)29-17-5-6-17)10-19(15)16-11-28-31(13-16)23-12-27-22-8-7-18(14-30(22)23)34(33)25(2,3)4/h7-14,17H,5-6H2,1-4H3,(H,29,32). The molecule has 3 aromatic heterocycles. The van der Waals surface area contributed by atoms with Gasteiger partial charge in [0, 0.05) is 17.8 Å². The third-order valence-corrected chi connectivity index (χ3v) is 7.61. The molecule has 9 heteroatoms. The molecule has 4 aromatic rings. The van der Waals surface area contributed by atoms with Gasteiger partial charge in [0.05, 0.1) is 24.2 Å². The summed E-state index contributed by atoms with van der Waals surface area (Å²) in [5.74, 6) is -0.247. The fourth-order valence-electron chi connectivity index (χ4n) is 3.82. The number of halogens is 1. The molecule has 1 N–H and O–H groups in total. The van der Waals surface area contributed by atoms with E-state index in [9.17, 15) is 13.7 Å². The zero-order valence-corrected chi connectivity index (χ0v) is 20.3. The molecule has 0 radical (unpaired) electrons. The second kappa shape index (κ2) is 8.25. The van der Waals surface area contributed by atoms with Crippen LogP contribution in [-0.2, 0) is 11.2 Å². The van der Waals surface area contributed by atoms with Crippen LogP contribution in [0.2, 0.25) is 0 Å². The summed E-state index contributed by atoms with van der Waals surface area (Å²) in [5.41, 5.74) is 2.93. The van der Waals surface area contributed by atoms with E-state index in [1.807, 2.05) is 49.7 Å². The second-order valence-corrected chi connectivity index (χ2v) is 11.9. The predicted octanol–water partition coefficient (Wildman–Crippen LogP) is 4.43. The number of rotatable bonds is 5. The van der Waals surface area contributed by atoms with Crippen LogP contribution < -0.4 is 5.32 Å². The van der Waals surface area contributed by atoms with Crippen LogP contribution in [0.25, 0.3) is 22.6 Å². The summed E-state index contributed by atoms with van der Waals surface area (Å²) in [4.78, 5) is 17.6. The number of amides is 1. The van der Waals surface area contributed by atoms with Gasteiger partial charge >= 0.3 is 0 Å². The number of aromatic nitrogens is 4. The maximum absolute atomic E-state index is 14.5. The molecule has 1 aliphatic rings. The van der Waals surface area contributed by atoms with Gasteiger partial charge in [0.2, 0.25) is 0 Å². The lowest BCUT2D eigenvalue weighted by molar-refractivity contribution is 0.0947. The van der Waals surface area contributed by atoms with Crippen molar-refractivity contribution in [3.8, 4) is 16.9 Å². The third kappa shape index (κ3) is 4.21. The zero-order valence-electron chi connectivity index (χ0n) is 19.5. The summed E-state index contributed by atoms with van der Waals surface area (Å²) < 4.78 is 30.6. The summed E-state index contributed by atoms with van der Waals surface area (Å²) >= 11 is -1.19. The van der Waals surface area contributed by atoms with E-state index in [1.165, 1.54) is 6.07 Å². The van der Waals surface area contributed by atoms with Gasteiger partial charge in [-0.15, -0.1) is 0 Å². The minimum Gasteiger partial charge on any atom is -0.611 e. The molecule has 1 fully saturated rings. The Morgan fingerprint density at radius 3 is 2.68 bits per heavy atom. The van der Waals surface area contributed by atoms with Crippen molar-refractivity contribution in [2.45, 2.75) is 56.2 Å². The molecule has 0 bridgehead atoms. The van der Waals surface area contributed by atoms with Crippen LogP contribution in [0.5, 0.6) is 0 Å². The lowest BCUT2D eigenvalue weighted by Gasteiger charge is -2.23. The van der Waals surface area contributed by atoms with Gasteiger partial charge in [-0.1, -0.05) is 0 Å². The van der Waals surface area contributed by atoms with Crippen LogP contribution in [0.4, 0.5) is 4.39 Å². The zero-order chi connectivity index (χ0) is 24.2. The largest absolute Gasteiger partial charge is 0.611 e. The van der Waals surface area contributed by atoms with Crippen molar-refractivity contribution in [1.82, 2.24) is 24.5 Å². The number of aryl methyl sites for hydroxylation is 1. The predicted molar refractivity (Wildman–Crippen MR) is 129 cm³/mol. The van der Waals surface area contributed by atoms with Crippen LogP contribution >= 0.6 is 0 Å². The van der Waals surface area contributed by atoms with Crippen LogP contribution in [0.15, 0.2) is 53.9 Å². The highest BCUT2D eigenvalue weighted by molar-refractivity contribution is 7.92. The summed E-state index contributed by atoms with van der Waals surface area (Å²) in [7, 11) is 0. The van der Waals surface area contributed by atoms with Crippen molar-refractivity contribution in [1.29, 1.82) is 0 Å². The van der Waals surface area contributed by atoms with Gasteiger partial charge in [-0.2, -0.15) is 5.10 Å². The number of pyridine rings is 1. The first-order valence-corrected chi connectivity index (χ1v) is 12.3. The Kier molecular flexibility index (Phi) is 5.49. The van der Waals surface area contributed by atoms with Crippen LogP contribution in [-0.4, -0.2) is 40.4 Å². The lowest BCUT2D eigenvalue weighted by atomic mass is 9.99. The molecule has 0 aliphatic heterocycles. The summed E-state index contributed by atoms with van der Waals surface area (Å²) in [6, 6.07) is 6.78. The van der Waals surface area contributed by atoms with E-state index in [0.29, 0.717) is 21.9 Å². The first-order chi connectivity index (χ1) is 16.1. The monoisotopic (exact) mass is 479 g/mol. The minimum atomic E-state index is -1.19. The van der Waals surface area contributed by atoms with E-state index in [4.69, 9.17) is 0 Å². The van der Waals surface area contributed by atoms with E-state index in [2.05, 4.69) is 15.4 Å². The van der Waals surface area contributed by atoms with Gasteiger partial charge in [-0.3, -0.25) is 9.20 Å². The first kappa shape index (κ1) is 22.6. The number of hydrogen-bond donors (Lipinski definition) is 1. The van der Waals surface area contributed by atoms with Crippen molar-refractivity contribution in [3.63, 3.8) is 0 Å². The van der Waals surface area contributed by atoms with Gasteiger partial charge in [-0.25, -0.2) is 14.1 Å². The van der Waals surface area contributed by atoms with E-state index >= 15 is 0 Å². The van der Waals surface area contributed by atoms with Crippen LogP contribution in [0.1, 0.15) is 49.5 Å². The number of nitrogens with zero attached hydrogens (tertiary/aromatic N) is 4. The number of hydrogen-bond acceptors (Lipinski definition) is 4. The molecule has 1 saturated carbocycles. The number of fused-ring (bicyclic) bond motifs is 1. The minimum absolute atomic E-state index is 0.0318. The Bertz CT molecular complexity index is 1400. The molecule has 0 spiro atoms. The summed E-state index contributed by atoms with van der Waals surface area (Å²) in [5, 5.41) is 7.34. The fourth-order valence-corrected chi connectivity index (χ4v) is 4.92. The Morgan fingerprint density at radius 2 is 1.97 bits per heavy atom. The van der Waals surface area contributed by atoms with Gasteiger partial charge in [0.25, 0.3) is 5.91 Å². The maximum atomic E-state index is 14.5. The molecule has 1 atom stereocenters. The van der Waals surface area contributed by atoms with Crippen molar-refractivity contribution < 1.29 is 13.7 Å². The van der Waals surface area contributed by atoms with Gasteiger partial charge in [0.1, 0.15) is 16.2 Å². The highest BCUT2D eigenvalue weighted by Crippen LogP contribution is 2.29. The molecule has 1 aromatic carbocycles. The molecule has 0 saturated heterocycles. The number of benzene rings is 1. The summed E-state index contributed by atoms with van der Waals surface area (Å²) in [6.07, 6.45) is 8.89. The number of nitrogens with one attached hydrogen (secondary N) is 1. The molecule has 7 nitrogen and oxygen atoms in total. The lowest BCUT2D eigenvalue weighted by Crippen LogP contribution is -2.28.